The summed E-state index contributed by atoms with van der Waals surface area (Å²) in [5, 5.41) is 8.90. The van der Waals surface area contributed by atoms with E-state index >= 15 is 0 Å². The molecule has 6 nitrogen and oxygen atoms in total. The van der Waals surface area contributed by atoms with Crippen molar-refractivity contribution in [2.45, 2.75) is 39.2 Å². The summed E-state index contributed by atoms with van der Waals surface area (Å²) in [6, 6.07) is -0.388. The number of ether oxygens (including phenoxy) is 1. The van der Waals surface area contributed by atoms with Gasteiger partial charge in [-0.1, -0.05) is 13.8 Å². The lowest BCUT2D eigenvalue weighted by molar-refractivity contribution is 0.157. The van der Waals surface area contributed by atoms with E-state index in [9.17, 15) is 8.42 Å². The Morgan fingerprint density at radius 3 is 2.22 bits per heavy atom. The molecule has 0 radical (unpaired) electrons. The first kappa shape index (κ1) is 17.8. The van der Waals surface area contributed by atoms with Gasteiger partial charge in [0, 0.05) is 32.8 Å². The smallest absolute Gasteiger partial charge is 0.279 e. The first-order valence-corrected chi connectivity index (χ1v) is 7.83. The van der Waals surface area contributed by atoms with Crippen LogP contribution >= 0.6 is 0 Å². The number of hydrogen-bond acceptors (Lipinski definition) is 4. The number of aliphatic hydroxyl groups is 1. The molecule has 0 bridgehead atoms. The summed E-state index contributed by atoms with van der Waals surface area (Å²) in [5.74, 6) is 0. The summed E-state index contributed by atoms with van der Waals surface area (Å²) in [5.41, 5.74) is 0. The molecule has 110 valence electrons. The molecule has 0 spiro atoms. The summed E-state index contributed by atoms with van der Waals surface area (Å²) in [6.45, 7) is 5.07. The summed E-state index contributed by atoms with van der Waals surface area (Å²) in [6.07, 6.45) is 1.89. The summed E-state index contributed by atoms with van der Waals surface area (Å²) < 4.78 is 33.3. The monoisotopic (exact) mass is 282 g/mol. The van der Waals surface area contributed by atoms with E-state index in [4.69, 9.17) is 9.84 Å². The molecule has 0 saturated carbocycles. The molecule has 0 saturated heterocycles. The third-order valence-corrected chi connectivity index (χ3v) is 4.12. The minimum atomic E-state index is -3.50. The summed E-state index contributed by atoms with van der Waals surface area (Å²) in [7, 11) is -1.99. The molecule has 1 unspecified atom stereocenters. The van der Waals surface area contributed by atoms with Gasteiger partial charge in [-0.15, -0.1) is 0 Å². The molecule has 0 fully saturated rings. The Labute approximate surface area is 111 Å². The second-order valence-corrected chi connectivity index (χ2v) is 5.89. The normalized spacial score (nSPS) is 14.1. The van der Waals surface area contributed by atoms with E-state index in [1.165, 1.54) is 11.4 Å². The highest BCUT2D eigenvalue weighted by atomic mass is 32.2. The Kier molecular flexibility index (Phi) is 9.57. The van der Waals surface area contributed by atoms with Gasteiger partial charge in [-0.25, -0.2) is 0 Å². The van der Waals surface area contributed by atoms with Crippen molar-refractivity contribution in [3.8, 4) is 0 Å². The SMILES string of the molecule is CCCN(CCC)S(=O)(=O)NC(CCO)COC. The van der Waals surface area contributed by atoms with Gasteiger partial charge >= 0.3 is 0 Å². The van der Waals surface area contributed by atoms with Crippen LogP contribution in [0.15, 0.2) is 0 Å². The molecule has 0 aliphatic heterocycles. The first-order valence-electron chi connectivity index (χ1n) is 6.39. The zero-order chi connectivity index (χ0) is 14.0. The summed E-state index contributed by atoms with van der Waals surface area (Å²) >= 11 is 0. The minimum Gasteiger partial charge on any atom is -0.396 e. The number of aliphatic hydroxyl groups excluding tert-OH is 1. The number of hydrogen-bond donors (Lipinski definition) is 2. The van der Waals surface area contributed by atoms with Crippen molar-refractivity contribution in [2.75, 3.05) is 33.4 Å². The molecule has 0 amide bonds. The molecule has 0 rings (SSSR count). The van der Waals surface area contributed by atoms with Gasteiger partial charge in [0.2, 0.25) is 0 Å². The van der Waals surface area contributed by atoms with E-state index in [1.807, 2.05) is 13.8 Å². The second-order valence-electron chi connectivity index (χ2n) is 4.19. The molecule has 7 heteroatoms. The lowest BCUT2D eigenvalue weighted by Gasteiger charge is -2.25. The molecule has 0 heterocycles. The maximum absolute atomic E-state index is 12.1. The Morgan fingerprint density at radius 2 is 1.83 bits per heavy atom. The fraction of sp³-hybridized carbons (Fsp3) is 1.00. The fourth-order valence-corrected chi connectivity index (χ4v) is 3.27. The molecular weight excluding hydrogens is 256 g/mol. The number of nitrogens with zero attached hydrogens (tertiary/aromatic N) is 1. The van der Waals surface area contributed by atoms with E-state index < -0.39 is 10.2 Å². The van der Waals surface area contributed by atoms with Crippen LogP contribution in [-0.4, -0.2) is 57.3 Å². The van der Waals surface area contributed by atoms with Crippen LogP contribution < -0.4 is 4.72 Å². The topological polar surface area (TPSA) is 78.9 Å². The molecule has 0 aromatic heterocycles. The van der Waals surface area contributed by atoms with Crippen LogP contribution in [0.4, 0.5) is 0 Å². The van der Waals surface area contributed by atoms with Crippen LogP contribution in [0.3, 0.4) is 0 Å². The van der Waals surface area contributed by atoms with Crippen molar-refractivity contribution in [3.05, 3.63) is 0 Å². The van der Waals surface area contributed by atoms with Crippen LogP contribution in [0.5, 0.6) is 0 Å². The maximum Gasteiger partial charge on any atom is 0.279 e. The van der Waals surface area contributed by atoms with E-state index in [-0.39, 0.29) is 19.3 Å². The Balaban J connectivity index is 4.64. The largest absolute Gasteiger partial charge is 0.396 e. The minimum absolute atomic E-state index is 0.0713. The molecule has 0 aliphatic rings. The lowest BCUT2D eigenvalue weighted by atomic mass is 10.2. The highest BCUT2D eigenvalue weighted by Gasteiger charge is 2.23. The quantitative estimate of drug-likeness (QED) is 0.573. The first-order chi connectivity index (χ1) is 8.51. The van der Waals surface area contributed by atoms with Crippen LogP contribution in [0.1, 0.15) is 33.1 Å². The highest BCUT2D eigenvalue weighted by Crippen LogP contribution is 2.04. The zero-order valence-corrected chi connectivity index (χ0v) is 12.4. The third kappa shape index (κ3) is 6.65. The third-order valence-electron chi connectivity index (χ3n) is 2.45. The van der Waals surface area contributed by atoms with Gasteiger partial charge in [-0.3, -0.25) is 0 Å². The van der Waals surface area contributed by atoms with Crippen molar-refractivity contribution in [2.24, 2.45) is 0 Å². The molecule has 18 heavy (non-hydrogen) atoms. The van der Waals surface area contributed by atoms with Crippen molar-refractivity contribution >= 4 is 10.2 Å². The standard InChI is InChI=1S/C11H26N2O4S/c1-4-7-13(8-5-2)18(15,16)12-11(6-9-14)10-17-3/h11-12,14H,4-10H2,1-3H3. The van der Waals surface area contributed by atoms with Gasteiger partial charge in [0.1, 0.15) is 0 Å². The second kappa shape index (κ2) is 9.69. The fourth-order valence-electron chi connectivity index (χ4n) is 1.67. The van der Waals surface area contributed by atoms with Gasteiger partial charge in [-0.2, -0.15) is 17.4 Å². The average Bonchev–Trinajstić information content (AvgIpc) is 2.29. The Morgan fingerprint density at radius 1 is 1.28 bits per heavy atom. The van der Waals surface area contributed by atoms with Gasteiger partial charge in [0.25, 0.3) is 10.2 Å². The predicted octanol–water partition coefficient (Wildman–Crippen LogP) is 0.340. The van der Waals surface area contributed by atoms with Crippen LogP contribution in [0.25, 0.3) is 0 Å². The van der Waals surface area contributed by atoms with Crippen LogP contribution in [0.2, 0.25) is 0 Å². The van der Waals surface area contributed by atoms with E-state index in [1.54, 1.807) is 0 Å². The molecular formula is C11H26N2O4S. The highest BCUT2D eigenvalue weighted by molar-refractivity contribution is 7.87. The van der Waals surface area contributed by atoms with Gasteiger partial charge in [0.15, 0.2) is 0 Å². The van der Waals surface area contributed by atoms with Crippen LogP contribution in [-0.2, 0) is 14.9 Å². The zero-order valence-electron chi connectivity index (χ0n) is 11.6. The van der Waals surface area contributed by atoms with E-state index in [0.717, 1.165) is 12.8 Å². The van der Waals surface area contributed by atoms with Gasteiger partial charge < -0.3 is 9.84 Å². The molecule has 0 aromatic carbocycles. The molecule has 2 N–H and O–H groups in total. The van der Waals surface area contributed by atoms with Crippen molar-refractivity contribution in [3.63, 3.8) is 0 Å². The Bertz CT molecular complexity index is 283. The predicted molar refractivity (Wildman–Crippen MR) is 71.6 cm³/mol. The van der Waals surface area contributed by atoms with E-state index in [0.29, 0.717) is 19.5 Å². The molecule has 0 aromatic rings. The van der Waals surface area contributed by atoms with Crippen molar-refractivity contribution < 1.29 is 18.3 Å². The van der Waals surface area contributed by atoms with Crippen molar-refractivity contribution in [1.29, 1.82) is 0 Å². The molecule has 1 atom stereocenters. The number of methoxy groups -OCH3 is 1. The van der Waals surface area contributed by atoms with Crippen molar-refractivity contribution in [1.82, 2.24) is 9.03 Å². The van der Waals surface area contributed by atoms with Gasteiger partial charge in [-0.05, 0) is 19.3 Å². The number of rotatable bonds is 11. The van der Waals surface area contributed by atoms with E-state index in [2.05, 4.69) is 4.72 Å². The maximum atomic E-state index is 12.1. The summed E-state index contributed by atoms with van der Waals surface area (Å²) in [4.78, 5) is 0. The lowest BCUT2D eigenvalue weighted by Crippen LogP contribution is -2.47. The Hall–Kier alpha value is -0.210. The average molecular weight is 282 g/mol. The van der Waals surface area contributed by atoms with Gasteiger partial charge in [0.05, 0.1) is 6.61 Å². The van der Waals surface area contributed by atoms with Crippen LogP contribution in [0, 0.1) is 0 Å². The molecule has 0 aliphatic carbocycles. The number of nitrogens with one attached hydrogen (secondary N) is 1.